The van der Waals surface area contributed by atoms with Gasteiger partial charge in [0.1, 0.15) is 5.78 Å². The number of fused-ring (bicyclic) bond motifs is 6. The minimum absolute atomic E-state index is 0.0402. The molecule has 2 heteroatoms. The van der Waals surface area contributed by atoms with Gasteiger partial charge >= 0.3 is 0 Å². The standard InChI is InChI=1S/C22H16O2/c23-19-12-11-16-15-7-3-4-8-17(15)20(19)21-14-6-2-1-5-13(14)9-10-18(16)22(21)24/h1-12,16,18,20-21H/t16-,18+,20-,21-/m0/s1. The van der Waals surface area contributed by atoms with E-state index in [0.29, 0.717) is 0 Å². The SMILES string of the molecule is O=C1C=C[C@H]2c3ccccc3[C@@H]1[C@H]1C(=O)[C@@H]2C=Cc2ccccc21. The highest BCUT2D eigenvalue weighted by Crippen LogP contribution is 2.50. The van der Waals surface area contributed by atoms with Crippen LogP contribution in [-0.2, 0) is 9.59 Å². The predicted octanol–water partition coefficient (Wildman–Crippen LogP) is 4.00. The molecule has 0 spiro atoms. The van der Waals surface area contributed by atoms with E-state index in [2.05, 4.69) is 12.1 Å². The molecule has 2 nitrogen and oxygen atoms in total. The van der Waals surface area contributed by atoms with Crippen LogP contribution in [0.25, 0.3) is 6.08 Å². The fraction of sp³-hybridized carbons (Fsp3) is 0.182. The number of carbonyl (C=O) groups is 2. The monoisotopic (exact) mass is 312 g/mol. The summed E-state index contributed by atoms with van der Waals surface area (Å²) in [6.45, 7) is 0. The number of allylic oxidation sites excluding steroid dienone is 3. The first-order valence-electron chi connectivity index (χ1n) is 8.37. The Labute approximate surface area is 140 Å². The highest BCUT2D eigenvalue weighted by atomic mass is 16.1. The summed E-state index contributed by atoms with van der Waals surface area (Å²) < 4.78 is 0. The third kappa shape index (κ3) is 1.71. The molecule has 0 saturated carbocycles. The molecule has 0 aliphatic heterocycles. The van der Waals surface area contributed by atoms with Gasteiger partial charge in [-0.2, -0.15) is 0 Å². The third-order valence-electron chi connectivity index (χ3n) is 5.63. The van der Waals surface area contributed by atoms with Gasteiger partial charge in [0, 0.05) is 11.8 Å². The number of hydrogen-bond acceptors (Lipinski definition) is 2. The van der Waals surface area contributed by atoms with Gasteiger partial charge in [-0.05, 0) is 28.3 Å². The molecule has 0 radical (unpaired) electrons. The molecule has 0 N–H and O–H groups in total. The van der Waals surface area contributed by atoms with E-state index in [-0.39, 0.29) is 23.4 Å². The van der Waals surface area contributed by atoms with Gasteiger partial charge < -0.3 is 0 Å². The largest absolute Gasteiger partial charge is 0.298 e. The molecule has 2 aromatic rings. The van der Waals surface area contributed by atoms with Crippen molar-refractivity contribution >= 4 is 17.6 Å². The average molecular weight is 312 g/mol. The summed E-state index contributed by atoms with van der Waals surface area (Å²) in [6.07, 6.45) is 7.72. The fourth-order valence-electron chi connectivity index (χ4n) is 4.56. The molecule has 2 aromatic carbocycles. The highest BCUT2D eigenvalue weighted by Gasteiger charge is 2.47. The zero-order valence-electron chi connectivity index (χ0n) is 13.1. The minimum Gasteiger partial charge on any atom is -0.298 e. The van der Waals surface area contributed by atoms with Crippen molar-refractivity contribution < 1.29 is 9.59 Å². The second kappa shape index (κ2) is 4.88. The number of benzene rings is 2. The molecular formula is C22H16O2. The van der Waals surface area contributed by atoms with Crippen molar-refractivity contribution in [3.8, 4) is 0 Å². The molecule has 3 aliphatic carbocycles. The van der Waals surface area contributed by atoms with Crippen molar-refractivity contribution in [3.63, 3.8) is 0 Å². The number of Topliss-reactive ketones (excluding diaryl/α,β-unsaturated/α-hetero) is 1. The lowest BCUT2D eigenvalue weighted by Gasteiger charge is -2.26. The summed E-state index contributed by atoms with van der Waals surface area (Å²) in [5.41, 5.74) is 4.17. The van der Waals surface area contributed by atoms with E-state index >= 15 is 0 Å². The molecule has 116 valence electrons. The summed E-state index contributed by atoms with van der Waals surface area (Å²) in [4.78, 5) is 26.3. The van der Waals surface area contributed by atoms with Crippen LogP contribution in [0.15, 0.2) is 66.8 Å². The first-order chi connectivity index (χ1) is 11.8. The van der Waals surface area contributed by atoms with Crippen LogP contribution >= 0.6 is 0 Å². The Balaban J connectivity index is 1.88. The Bertz CT molecular complexity index is 934. The normalized spacial score (nSPS) is 29.5. The molecule has 24 heavy (non-hydrogen) atoms. The lowest BCUT2D eigenvalue weighted by atomic mass is 9.74. The van der Waals surface area contributed by atoms with Crippen molar-refractivity contribution in [2.75, 3.05) is 0 Å². The first kappa shape index (κ1) is 13.7. The zero-order chi connectivity index (χ0) is 16.3. The summed E-state index contributed by atoms with van der Waals surface area (Å²) in [7, 11) is 0. The predicted molar refractivity (Wildman–Crippen MR) is 92.8 cm³/mol. The Hall–Kier alpha value is -2.74. The van der Waals surface area contributed by atoms with Crippen molar-refractivity contribution in [2.45, 2.75) is 17.8 Å². The topological polar surface area (TPSA) is 34.1 Å². The van der Waals surface area contributed by atoms with Crippen LogP contribution < -0.4 is 0 Å². The Morgan fingerprint density at radius 1 is 0.625 bits per heavy atom. The van der Waals surface area contributed by atoms with E-state index in [0.717, 1.165) is 22.3 Å². The van der Waals surface area contributed by atoms with Crippen LogP contribution in [-0.4, -0.2) is 11.6 Å². The number of hydrogen-bond donors (Lipinski definition) is 0. The van der Waals surface area contributed by atoms with Gasteiger partial charge in [0.05, 0.1) is 11.8 Å². The first-order valence-corrected chi connectivity index (χ1v) is 8.37. The van der Waals surface area contributed by atoms with E-state index in [1.807, 2.05) is 54.6 Å². The lowest BCUT2D eigenvalue weighted by molar-refractivity contribution is -0.127. The minimum atomic E-state index is -0.416. The van der Waals surface area contributed by atoms with Gasteiger partial charge in [-0.3, -0.25) is 9.59 Å². The van der Waals surface area contributed by atoms with E-state index < -0.39 is 11.8 Å². The number of rotatable bonds is 0. The summed E-state index contributed by atoms with van der Waals surface area (Å²) >= 11 is 0. The van der Waals surface area contributed by atoms with Crippen LogP contribution in [0.1, 0.15) is 40.0 Å². The summed E-state index contributed by atoms with van der Waals surface area (Å²) in [6, 6.07) is 16.0. The van der Waals surface area contributed by atoms with Gasteiger partial charge in [0.2, 0.25) is 0 Å². The van der Waals surface area contributed by atoms with Gasteiger partial charge in [-0.25, -0.2) is 0 Å². The smallest absolute Gasteiger partial charge is 0.163 e. The van der Waals surface area contributed by atoms with Gasteiger partial charge in [-0.1, -0.05) is 66.8 Å². The summed E-state index contributed by atoms with van der Waals surface area (Å²) in [5.74, 6) is -0.875. The van der Waals surface area contributed by atoms with Crippen molar-refractivity contribution in [3.05, 3.63) is 89.0 Å². The van der Waals surface area contributed by atoms with E-state index in [1.54, 1.807) is 6.08 Å². The molecule has 0 heterocycles. The van der Waals surface area contributed by atoms with Crippen LogP contribution in [0.3, 0.4) is 0 Å². The van der Waals surface area contributed by atoms with Gasteiger partial charge in [0.15, 0.2) is 5.78 Å². The van der Waals surface area contributed by atoms with Crippen molar-refractivity contribution in [1.29, 1.82) is 0 Å². The third-order valence-corrected chi connectivity index (χ3v) is 5.63. The van der Waals surface area contributed by atoms with E-state index in [4.69, 9.17) is 0 Å². The Morgan fingerprint density at radius 2 is 1.29 bits per heavy atom. The molecular weight excluding hydrogens is 296 g/mol. The maximum absolute atomic E-state index is 13.4. The molecule has 0 unspecified atom stereocenters. The van der Waals surface area contributed by atoms with E-state index in [1.165, 1.54) is 0 Å². The second-order valence-electron chi connectivity index (χ2n) is 6.79. The van der Waals surface area contributed by atoms with Gasteiger partial charge in [-0.15, -0.1) is 0 Å². The zero-order valence-corrected chi connectivity index (χ0v) is 13.1. The maximum atomic E-state index is 13.4. The molecule has 0 amide bonds. The fourth-order valence-corrected chi connectivity index (χ4v) is 4.56. The molecule has 0 aromatic heterocycles. The molecule has 3 aliphatic rings. The van der Waals surface area contributed by atoms with Gasteiger partial charge in [0.25, 0.3) is 0 Å². The quantitative estimate of drug-likeness (QED) is 0.737. The van der Waals surface area contributed by atoms with Crippen molar-refractivity contribution in [2.24, 2.45) is 5.92 Å². The Kier molecular flexibility index (Phi) is 2.78. The van der Waals surface area contributed by atoms with Crippen LogP contribution in [0, 0.1) is 5.92 Å². The average Bonchev–Trinajstić information content (AvgIpc) is 2.89. The highest BCUT2D eigenvalue weighted by molar-refractivity contribution is 6.06. The maximum Gasteiger partial charge on any atom is 0.163 e. The molecule has 4 bridgehead atoms. The number of ketones is 2. The second-order valence-corrected chi connectivity index (χ2v) is 6.79. The van der Waals surface area contributed by atoms with Crippen molar-refractivity contribution in [1.82, 2.24) is 0 Å². The lowest BCUT2D eigenvalue weighted by Crippen LogP contribution is -2.29. The van der Waals surface area contributed by atoms with Crippen LogP contribution in [0.4, 0.5) is 0 Å². The van der Waals surface area contributed by atoms with Crippen LogP contribution in [0.2, 0.25) is 0 Å². The van der Waals surface area contributed by atoms with Crippen LogP contribution in [0.5, 0.6) is 0 Å². The number of carbonyl (C=O) groups excluding carboxylic acids is 2. The molecule has 5 rings (SSSR count). The van der Waals surface area contributed by atoms with E-state index in [9.17, 15) is 9.59 Å². The summed E-state index contributed by atoms with van der Waals surface area (Å²) in [5, 5.41) is 0. The Morgan fingerprint density at radius 3 is 2.12 bits per heavy atom. The molecule has 4 atom stereocenters. The molecule has 0 fully saturated rings. The molecule has 0 saturated heterocycles.